The van der Waals surface area contributed by atoms with Crippen molar-refractivity contribution in [3.63, 3.8) is 0 Å². The highest BCUT2D eigenvalue weighted by molar-refractivity contribution is 7.71. The molecule has 18 heavy (non-hydrogen) atoms. The molecular formula is C11H12N4O2S. The van der Waals surface area contributed by atoms with Crippen LogP contribution in [0.1, 0.15) is 5.56 Å². The van der Waals surface area contributed by atoms with Crippen molar-refractivity contribution in [2.45, 2.75) is 0 Å². The molecule has 0 unspecified atom stereocenters. The summed E-state index contributed by atoms with van der Waals surface area (Å²) in [5.74, 6) is 1.33. The molecule has 0 radical (unpaired) electrons. The maximum Gasteiger partial charge on any atom is 0.216 e. The van der Waals surface area contributed by atoms with E-state index in [1.807, 2.05) is 18.2 Å². The highest BCUT2D eigenvalue weighted by atomic mass is 32.1. The highest BCUT2D eigenvalue weighted by Gasteiger charge is 2.02. The van der Waals surface area contributed by atoms with Crippen LogP contribution in [-0.4, -0.2) is 35.3 Å². The van der Waals surface area contributed by atoms with E-state index in [1.54, 1.807) is 20.4 Å². The predicted octanol–water partition coefficient (Wildman–Crippen LogP) is 1.84. The zero-order valence-electron chi connectivity index (χ0n) is 9.95. The summed E-state index contributed by atoms with van der Waals surface area (Å²) in [6.45, 7) is 0. The number of nitrogens with one attached hydrogen (secondary N) is 1. The van der Waals surface area contributed by atoms with Gasteiger partial charge in [0.2, 0.25) is 4.77 Å². The van der Waals surface area contributed by atoms with Crippen molar-refractivity contribution in [3.05, 3.63) is 34.9 Å². The van der Waals surface area contributed by atoms with Crippen molar-refractivity contribution in [2.75, 3.05) is 14.2 Å². The van der Waals surface area contributed by atoms with Gasteiger partial charge in [-0.05, 0) is 36.0 Å². The molecule has 0 amide bonds. The molecule has 1 N–H and O–H groups in total. The lowest BCUT2D eigenvalue weighted by Gasteiger charge is -2.07. The first-order chi connectivity index (χ1) is 8.74. The van der Waals surface area contributed by atoms with Crippen LogP contribution in [0, 0.1) is 4.77 Å². The molecule has 1 aromatic heterocycles. The number of benzene rings is 1. The number of aromatic nitrogens is 3. The van der Waals surface area contributed by atoms with Gasteiger partial charge in [0, 0.05) is 0 Å². The maximum atomic E-state index is 5.21. The third-order valence-corrected chi connectivity index (χ3v) is 2.55. The van der Waals surface area contributed by atoms with E-state index >= 15 is 0 Å². The zero-order chi connectivity index (χ0) is 13.0. The Morgan fingerprint density at radius 2 is 2.11 bits per heavy atom. The van der Waals surface area contributed by atoms with Crippen molar-refractivity contribution in [3.8, 4) is 11.5 Å². The van der Waals surface area contributed by atoms with Crippen LogP contribution in [0.25, 0.3) is 0 Å². The summed E-state index contributed by atoms with van der Waals surface area (Å²) in [5, 5.41) is 10.5. The van der Waals surface area contributed by atoms with Gasteiger partial charge in [-0.1, -0.05) is 0 Å². The van der Waals surface area contributed by atoms with Crippen LogP contribution in [0.3, 0.4) is 0 Å². The van der Waals surface area contributed by atoms with Gasteiger partial charge in [-0.3, -0.25) is 5.10 Å². The molecule has 0 spiro atoms. The third-order valence-electron chi connectivity index (χ3n) is 2.27. The molecular weight excluding hydrogens is 252 g/mol. The Labute approximate surface area is 109 Å². The summed E-state index contributed by atoms with van der Waals surface area (Å²) in [5.41, 5.74) is 0.871. The van der Waals surface area contributed by atoms with Crippen LogP contribution in [0.2, 0.25) is 0 Å². The van der Waals surface area contributed by atoms with Crippen LogP contribution < -0.4 is 9.47 Å². The van der Waals surface area contributed by atoms with Gasteiger partial charge in [-0.2, -0.15) is 14.9 Å². The topological polar surface area (TPSA) is 64.4 Å². The van der Waals surface area contributed by atoms with Gasteiger partial charge in [0.05, 0.1) is 20.4 Å². The lowest BCUT2D eigenvalue weighted by atomic mass is 10.2. The summed E-state index contributed by atoms with van der Waals surface area (Å²) in [6.07, 6.45) is 3.16. The molecule has 6 nitrogen and oxygen atoms in total. The van der Waals surface area contributed by atoms with Gasteiger partial charge in [-0.15, -0.1) is 0 Å². The first kappa shape index (κ1) is 12.3. The number of rotatable bonds is 4. The van der Waals surface area contributed by atoms with Crippen molar-refractivity contribution >= 4 is 18.4 Å². The molecule has 0 aliphatic heterocycles. The van der Waals surface area contributed by atoms with Gasteiger partial charge in [0.25, 0.3) is 0 Å². The first-order valence-corrected chi connectivity index (χ1v) is 5.54. The van der Waals surface area contributed by atoms with Crippen molar-refractivity contribution in [1.29, 1.82) is 0 Å². The Morgan fingerprint density at radius 3 is 2.72 bits per heavy atom. The fraction of sp³-hybridized carbons (Fsp3) is 0.182. The minimum atomic E-state index is 0.437. The molecule has 0 saturated heterocycles. The van der Waals surface area contributed by atoms with E-state index in [9.17, 15) is 0 Å². The van der Waals surface area contributed by atoms with Gasteiger partial charge >= 0.3 is 0 Å². The first-order valence-electron chi connectivity index (χ1n) is 5.13. The van der Waals surface area contributed by atoms with Crippen LogP contribution in [0.5, 0.6) is 11.5 Å². The van der Waals surface area contributed by atoms with E-state index in [-0.39, 0.29) is 0 Å². The molecule has 2 rings (SSSR count). The predicted molar refractivity (Wildman–Crippen MR) is 69.9 cm³/mol. The van der Waals surface area contributed by atoms with Gasteiger partial charge in [0.1, 0.15) is 6.33 Å². The molecule has 7 heteroatoms. The summed E-state index contributed by atoms with van der Waals surface area (Å²) >= 11 is 4.98. The number of ether oxygens (including phenoxy) is 2. The number of nitrogens with zero attached hydrogens (tertiary/aromatic N) is 3. The molecule has 2 aromatic rings. The second-order valence-corrected chi connectivity index (χ2v) is 3.75. The molecule has 1 aromatic carbocycles. The number of H-pyrrole nitrogens is 1. The fourth-order valence-electron chi connectivity index (χ4n) is 1.39. The minimum absolute atomic E-state index is 0.437. The smallest absolute Gasteiger partial charge is 0.216 e. The standard InChI is InChI=1S/C11H12N4O2S/c1-16-9-4-3-8(5-10(9)17-2)6-13-15-7-12-14-11(15)18/h3-7H,1-2H3,(H,14,18)/b13-6-. The van der Waals surface area contributed by atoms with Crippen molar-refractivity contribution < 1.29 is 9.47 Å². The van der Waals surface area contributed by atoms with Crippen LogP contribution >= 0.6 is 12.2 Å². The van der Waals surface area contributed by atoms with Crippen LogP contribution in [0.15, 0.2) is 29.6 Å². The minimum Gasteiger partial charge on any atom is -0.493 e. The lowest BCUT2D eigenvalue weighted by molar-refractivity contribution is 0.355. The number of hydrogen-bond donors (Lipinski definition) is 1. The van der Waals surface area contributed by atoms with Crippen molar-refractivity contribution in [2.24, 2.45) is 5.10 Å². The molecule has 0 bridgehead atoms. The number of hydrogen-bond acceptors (Lipinski definition) is 5. The van der Waals surface area contributed by atoms with Crippen LogP contribution in [0.4, 0.5) is 0 Å². The highest BCUT2D eigenvalue weighted by Crippen LogP contribution is 2.26. The Hall–Kier alpha value is -2.15. The Morgan fingerprint density at radius 1 is 1.33 bits per heavy atom. The molecule has 0 aliphatic carbocycles. The fourth-order valence-corrected chi connectivity index (χ4v) is 1.53. The molecule has 0 saturated carbocycles. The van der Waals surface area contributed by atoms with Crippen LogP contribution in [-0.2, 0) is 0 Å². The van der Waals surface area contributed by atoms with Crippen molar-refractivity contribution in [1.82, 2.24) is 14.9 Å². The number of methoxy groups -OCH3 is 2. The average Bonchev–Trinajstić information content (AvgIpc) is 2.81. The Kier molecular flexibility index (Phi) is 3.73. The van der Waals surface area contributed by atoms with E-state index in [0.717, 1.165) is 5.56 Å². The summed E-state index contributed by atoms with van der Waals surface area (Å²) < 4.78 is 12.3. The largest absolute Gasteiger partial charge is 0.493 e. The van der Waals surface area contributed by atoms with Gasteiger partial charge in [-0.25, -0.2) is 0 Å². The van der Waals surface area contributed by atoms with E-state index in [0.29, 0.717) is 16.3 Å². The summed E-state index contributed by atoms with van der Waals surface area (Å²) in [4.78, 5) is 0. The van der Waals surface area contributed by atoms with Gasteiger partial charge < -0.3 is 9.47 Å². The average molecular weight is 264 g/mol. The van der Waals surface area contributed by atoms with E-state index in [4.69, 9.17) is 21.7 Å². The lowest BCUT2D eigenvalue weighted by Crippen LogP contribution is -1.93. The summed E-state index contributed by atoms with van der Waals surface area (Å²) in [6, 6.07) is 5.51. The molecule has 94 valence electrons. The second kappa shape index (κ2) is 5.46. The molecule has 0 aliphatic rings. The third kappa shape index (κ3) is 2.57. The Bertz CT molecular complexity index is 618. The van der Waals surface area contributed by atoms with E-state index in [1.165, 1.54) is 11.0 Å². The quantitative estimate of drug-likeness (QED) is 0.676. The second-order valence-electron chi connectivity index (χ2n) is 3.37. The molecule has 0 fully saturated rings. The Balaban J connectivity index is 2.27. The molecule has 1 heterocycles. The van der Waals surface area contributed by atoms with E-state index < -0.39 is 0 Å². The monoisotopic (exact) mass is 264 g/mol. The zero-order valence-corrected chi connectivity index (χ0v) is 10.8. The van der Waals surface area contributed by atoms with Gasteiger partial charge in [0.15, 0.2) is 11.5 Å². The maximum absolute atomic E-state index is 5.21. The number of aromatic amines is 1. The normalized spacial score (nSPS) is 10.8. The SMILES string of the molecule is COc1ccc(/C=N\n2cn[nH]c2=S)cc1OC. The molecule has 0 atom stereocenters. The summed E-state index contributed by atoms with van der Waals surface area (Å²) in [7, 11) is 3.18. The van der Waals surface area contributed by atoms with E-state index in [2.05, 4.69) is 15.3 Å².